The summed E-state index contributed by atoms with van der Waals surface area (Å²) in [6, 6.07) is 1.82. The molecule has 0 aliphatic rings. The van der Waals surface area contributed by atoms with E-state index in [-0.39, 0.29) is 0 Å². The number of aryl methyl sites for hydroxylation is 1. The largest absolute Gasteiger partial charge is 0.383 e. The van der Waals surface area contributed by atoms with E-state index in [4.69, 9.17) is 17.3 Å². The van der Waals surface area contributed by atoms with Gasteiger partial charge in [0.05, 0.1) is 18.4 Å². The summed E-state index contributed by atoms with van der Waals surface area (Å²) >= 11 is 5.79. The van der Waals surface area contributed by atoms with Crippen molar-refractivity contribution in [1.82, 2.24) is 19.7 Å². The van der Waals surface area contributed by atoms with E-state index in [9.17, 15) is 0 Å². The third-order valence-electron chi connectivity index (χ3n) is 1.98. The quantitative estimate of drug-likeness (QED) is 0.832. The second-order valence-corrected chi connectivity index (χ2v) is 3.54. The van der Waals surface area contributed by atoms with Crippen LogP contribution in [0.4, 0.5) is 5.82 Å². The van der Waals surface area contributed by atoms with Crippen LogP contribution < -0.4 is 5.73 Å². The Hall–Kier alpha value is -1.62. The maximum absolute atomic E-state index is 5.79. The van der Waals surface area contributed by atoms with Crippen LogP contribution in [0.2, 0.25) is 5.02 Å². The van der Waals surface area contributed by atoms with E-state index in [0.29, 0.717) is 17.4 Å². The van der Waals surface area contributed by atoms with Crippen LogP contribution in [0.3, 0.4) is 0 Å². The van der Waals surface area contributed by atoms with Crippen molar-refractivity contribution >= 4 is 17.4 Å². The van der Waals surface area contributed by atoms with Gasteiger partial charge in [-0.25, -0.2) is 14.6 Å². The van der Waals surface area contributed by atoms with Crippen molar-refractivity contribution in [2.24, 2.45) is 0 Å². The predicted molar refractivity (Wildman–Crippen MR) is 57.5 cm³/mol. The Balaban J connectivity index is 2.26. The van der Waals surface area contributed by atoms with Crippen LogP contribution in [-0.4, -0.2) is 19.7 Å². The Morgan fingerprint density at radius 2 is 2.33 bits per heavy atom. The number of nitrogens with zero attached hydrogens (tertiary/aromatic N) is 4. The zero-order chi connectivity index (χ0) is 10.8. The zero-order valence-corrected chi connectivity index (χ0v) is 8.94. The summed E-state index contributed by atoms with van der Waals surface area (Å²) in [5, 5.41) is 4.50. The maximum Gasteiger partial charge on any atom is 0.141 e. The predicted octanol–water partition coefficient (Wildman–Crippen LogP) is 1.27. The van der Waals surface area contributed by atoms with Gasteiger partial charge in [0.2, 0.25) is 0 Å². The Morgan fingerprint density at radius 3 is 2.93 bits per heavy atom. The number of halogens is 1. The highest BCUT2D eigenvalue weighted by molar-refractivity contribution is 6.32. The zero-order valence-electron chi connectivity index (χ0n) is 8.18. The van der Waals surface area contributed by atoms with Gasteiger partial charge in [0.15, 0.2) is 0 Å². The molecule has 5 nitrogen and oxygen atoms in total. The van der Waals surface area contributed by atoms with Crippen LogP contribution in [0, 0.1) is 6.92 Å². The fraction of sp³-hybridized carbons (Fsp3) is 0.222. The van der Waals surface area contributed by atoms with Gasteiger partial charge in [0.25, 0.3) is 0 Å². The molecular weight excluding hydrogens is 214 g/mol. The molecule has 2 heterocycles. The van der Waals surface area contributed by atoms with Crippen molar-refractivity contribution in [2.45, 2.75) is 13.5 Å². The molecule has 78 valence electrons. The van der Waals surface area contributed by atoms with Crippen molar-refractivity contribution in [3.05, 3.63) is 35.0 Å². The lowest BCUT2D eigenvalue weighted by Crippen LogP contribution is -2.07. The van der Waals surface area contributed by atoms with Gasteiger partial charge in [-0.05, 0) is 13.0 Å². The second-order valence-electron chi connectivity index (χ2n) is 3.13. The van der Waals surface area contributed by atoms with Gasteiger partial charge >= 0.3 is 0 Å². The summed E-state index contributed by atoms with van der Waals surface area (Å²) in [4.78, 5) is 8.26. The van der Waals surface area contributed by atoms with Gasteiger partial charge in [-0.2, -0.15) is 5.10 Å². The second kappa shape index (κ2) is 3.86. The minimum Gasteiger partial charge on any atom is -0.383 e. The smallest absolute Gasteiger partial charge is 0.141 e. The van der Waals surface area contributed by atoms with E-state index in [1.54, 1.807) is 10.9 Å². The van der Waals surface area contributed by atoms with Crippen molar-refractivity contribution < 1.29 is 0 Å². The lowest BCUT2D eigenvalue weighted by Gasteiger charge is -2.03. The van der Waals surface area contributed by atoms with Crippen molar-refractivity contribution in [1.29, 1.82) is 0 Å². The van der Waals surface area contributed by atoms with Gasteiger partial charge in [-0.3, -0.25) is 0 Å². The van der Waals surface area contributed by atoms with E-state index in [1.165, 1.54) is 6.20 Å². The molecule has 0 aliphatic heterocycles. The van der Waals surface area contributed by atoms with Crippen molar-refractivity contribution in [3.8, 4) is 0 Å². The van der Waals surface area contributed by atoms with E-state index in [2.05, 4.69) is 15.1 Å². The maximum atomic E-state index is 5.79. The molecular formula is C9H10ClN5. The van der Waals surface area contributed by atoms with E-state index in [0.717, 1.165) is 11.5 Å². The molecule has 6 heteroatoms. The molecule has 2 aromatic heterocycles. The molecule has 0 aromatic carbocycles. The number of nitrogens with two attached hydrogens (primary N) is 1. The molecule has 0 unspecified atom stereocenters. The molecule has 0 amide bonds. The van der Waals surface area contributed by atoms with Crippen LogP contribution in [0.1, 0.15) is 11.5 Å². The molecule has 0 atom stereocenters. The van der Waals surface area contributed by atoms with Gasteiger partial charge in [-0.1, -0.05) is 11.6 Å². The molecule has 0 bridgehead atoms. The monoisotopic (exact) mass is 223 g/mol. The van der Waals surface area contributed by atoms with Crippen LogP contribution in [0.25, 0.3) is 0 Å². The highest BCUT2D eigenvalue weighted by Crippen LogP contribution is 2.17. The van der Waals surface area contributed by atoms with Gasteiger partial charge in [0, 0.05) is 6.20 Å². The fourth-order valence-corrected chi connectivity index (χ4v) is 1.39. The fourth-order valence-electron chi connectivity index (χ4n) is 1.24. The van der Waals surface area contributed by atoms with E-state index >= 15 is 0 Å². The van der Waals surface area contributed by atoms with Crippen LogP contribution in [0.5, 0.6) is 0 Å². The third kappa shape index (κ3) is 2.07. The standard InChI is InChI=1S/C9H10ClN5/c1-6-12-3-2-7(14-6)5-15-9(11)8(10)4-13-15/h2-4H,5,11H2,1H3. The first-order valence-electron chi connectivity index (χ1n) is 4.42. The summed E-state index contributed by atoms with van der Waals surface area (Å²) in [7, 11) is 0. The summed E-state index contributed by atoms with van der Waals surface area (Å²) in [5.74, 6) is 1.18. The number of hydrogen-bond acceptors (Lipinski definition) is 4. The number of aromatic nitrogens is 4. The number of hydrogen-bond donors (Lipinski definition) is 1. The van der Waals surface area contributed by atoms with Crippen LogP contribution in [-0.2, 0) is 6.54 Å². The summed E-state index contributed by atoms with van der Waals surface area (Å²) < 4.78 is 1.60. The summed E-state index contributed by atoms with van der Waals surface area (Å²) in [6.45, 7) is 2.34. The molecule has 15 heavy (non-hydrogen) atoms. The minimum absolute atomic E-state index is 0.452. The molecule has 0 radical (unpaired) electrons. The van der Waals surface area contributed by atoms with Crippen LogP contribution in [0.15, 0.2) is 18.5 Å². The highest BCUT2D eigenvalue weighted by atomic mass is 35.5. The van der Waals surface area contributed by atoms with Gasteiger partial charge in [0.1, 0.15) is 16.7 Å². The molecule has 2 N–H and O–H groups in total. The van der Waals surface area contributed by atoms with E-state index in [1.807, 2.05) is 13.0 Å². The molecule has 0 saturated heterocycles. The Labute approximate surface area is 91.9 Å². The van der Waals surface area contributed by atoms with E-state index < -0.39 is 0 Å². The SMILES string of the molecule is Cc1nccc(Cn2ncc(Cl)c2N)n1. The third-order valence-corrected chi connectivity index (χ3v) is 2.27. The first-order valence-corrected chi connectivity index (χ1v) is 4.80. The summed E-state index contributed by atoms with van der Waals surface area (Å²) in [6.07, 6.45) is 3.23. The average molecular weight is 224 g/mol. The minimum atomic E-state index is 0.452. The van der Waals surface area contributed by atoms with Gasteiger partial charge < -0.3 is 5.73 Å². The topological polar surface area (TPSA) is 69.6 Å². The number of rotatable bonds is 2. The molecule has 0 aliphatic carbocycles. The highest BCUT2D eigenvalue weighted by Gasteiger charge is 2.05. The summed E-state index contributed by atoms with van der Waals surface area (Å²) in [5.41, 5.74) is 6.57. The molecule has 2 aromatic rings. The molecule has 0 spiro atoms. The Morgan fingerprint density at radius 1 is 1.53 bits per heavy atom. The first kappa shape index (κ1) is 9.92. The van der Waals surface area contributed by atoms with Crippen LogP contribution >= 0.6 is 11.6 Å². The van der Waals surface area contributed by atoms with Gasteiger partial charge in [-0.15, -0.1) is 0 Å². The Kier molecular flexibility index (Phi) is 2.55. The Bertz CT molecular complexity index is 479. The molecule has 0 saturated carbocycles. The first-order chi connectivity index (χ1) is 7.16. The van der Waals surface area contributed by atoms with Crippen molar-refractivity contribution in [2.75, 3.05) is 5.73 Å². The lowest BCUT2D eigenvalue weighted by atomic mass is 10.4. The number of nitrogen functional groups attached to an aromatic ring is 1. The number of anilines is 1. The lowest BCUT2D eigenvalue weighted by molar-refractivity contribution is 0.677. The normalized spacial score (nSPS) is 10.5. The molecule has 0 fully saturated rings. The average Bonchev–Trinajstić information content (AvgIpc) is 2.50. The molecule has 2 rings (SSSR count). The van der Waals surface area contributed by atoms with Crippen molar-refractivity contribution in [3.63, 3.8) is 0 Å².